The van der Waals surface area contributed by atoms with Gasteiger partial charge in [-0.25, -0.2) is 9.97 Å². The zero-order chi connectivity index (χ0) is 13.7. The van der Waals surface area contributed by atoms with Crippen molar-refractivity contribution in [1.29, 1.82) is 0 Å². The zero-order valence-electron chi connectivity index (χ0n) is 11.1. The summed E-state index contributed by atoms with van der Waals surface area (Å²) in [5.41, 5.74) is 0.697. The number of hydrogen-bond donors (Lipinski definition) is 3. The lowest BCUT2D eigenvalue weighted by atomic mass is 10.4. The molecule has 2 aromatic heterocycles. The van der Waals surface area contributed by atoms with Crippen LogP contribution < -0.4 is 16.0 Å². The Balaban J connectivity index is 2.10. The Hall–Kier alpha value is -2.31. The maximum absolute atomic E-state index is 11.6. The molecule has 0 aliphatic carbocycles. The number of imidazole rings is 1. The molecule has 2 aromatic rings. The van der Waals surface area contributed by atoms with Gasteiger partial charge in [0.1, 0.15) is 5.82 Å². The number of carbonyl (C=O) groups excluding carboxylic acids is 1. The smallest absolute Gasteiger partial charge is 0.239 e. The molecule has 0 bridgehead atoms. The third kappa shape index (κ3) is 3.12. The number of aromatic nitrogens is 3. The maximum Gasteiger partial charge on any atom is 0.239 e. The van der Waals surface area contributed by atoms with Crippen LogP contribution in [0.5, 0.6) is 0 Å². The van der Waals surface area contributed by atoms with Gasteiger partial charge in [0.2, 0.25) is 5.91 Å². The van der Waals surface area contributed by atoms with E-state index in [1.54, 1.807) is 13.2 Å². The molecule has 0 atom stereocenters. The van der Waals surface area contributed by atoms with Gasteiger partial charge in [-0.05, 0) is 6.42 Å². The van der Waals surface area contributed by atoms with Gasteiger partial charge in [0.25, 0.3) is 0 Å². The first-order chi connectivity index (χ1) is 9.24. The van der Waals surface area contributed by atoms with E-state index in [0.717, 1.165) is 6.42 Å². The summed E-state index contributed by atoms with van der Waals surface area (Å²) in [6.07, 6.45) is 6.29. The topological polar surface area (TPSA) is 83.3 Å². The van der Waals surface area contributed by atoms with E-state index in [1.807, 2.05) is 23.7 Å². The monoisotopic (exact) mass is 262 g/mol. The lowest BCUT2D eigenvalue weighted by Crippen LogP contribution is -2.30. The third-order valence-corrected chi connectivity index (χ3v) is 2.62. The van der Waals surface area contributed by atoms with Gasteiger partial charge in [-0.15, -0.1) is 0 Å². The zero-order valence-corrected chi connectivity index (χ0v) is 11.1. The number of anilines is 2. The van der Waals surface area contributed by atoms with Crippen LogP contribution in [-0.2, 0) is 4.79 Å². The van der Waals surface area contributed by atoms with Crippen LogP contribution in [0.4, 0.5) is 11.6 Å². The van der Waals surface area contributed by atoms with Crippen molar-refractivity contribution in [2.24, 2.45) is 0 Å². The van der Waals surface area contributed by atoms with E-state index < -0.39 is 0 Å². The van der Waals surface area contributed by atoms with Crippen LogP contribution in [0.25, 0.3) is 5.65 Å². The van der Waals surface area contributed by atoms with Crippen molar-refractivity contribution < 1.29 is 4.79 Å². The average molecular weight is 262 g/mol. The molecule has 0 aliphatic rings. The summed E-state index contributed by atoms with van der Waals surface area (Å²) in [6.45, 7) is 2.88. The summed E-state index contributed by atoms with van der Waals surface area (Å²) in [6, 6.07) is 0. The summed E-state index contributed by atoms with van der Waals surface area (Å²) in [4.78, 5) is 20.1. The van der Waals surface area contributed by atoms with Crippen molar-refractivity contribution in [3.8, 4) is 0 Å². The number of fused-ring (bicyclic) bond motifs is 1. The van der Waals surface area contributed by atoms with E-state index in [2.05, 4.69) is 25.9 Å². The van der Waals surface area contributed by atoms with Crippen LogP contribution in [0, 0.1) is 0 Å². The van der Waals surface area contributed by atoms with Crippen molar-refractivity contribution in [3.63, 3.8) is 0 Å². The molecule has 0 fully saturated rings. The Morgan fingerprint density at radius 1 is 1.47 bits per heavy atom. The Morgan fingerprint density at radius 2 is 2.32 bits per heavy atom. The molecule has 7 nitrogen and oxygen atoms in total. The van der Waals surface area contributed by atoms with E-state index >= 15 is 0 Å². The van der Waals surface area contributed by atoms with Crippen molar-refractivity contribution in [3.05, 3.63) is 18.6 Å². The fraction of sp³-hybridized carbons (Fsp3) is 0.417. The number of nitrogens with one attached hydrogen (secondary N) is 3. The van der Waals surface area contributed by atoms with E-state index in [-0.39, 0.29) is 12.5 Å². The molecule has 102 valence electrons. The minimum absolute atomic E-state index is 0.0526. The van der Waals surface area contributed by atoms with Gasteiger partial charge in [-0.3, -0.25) is 4.79 Å². The van der Waals surface area contributed by atoms with Crippen LogP contribution in [0.3, 0.4) is 0 Å². The standard InChI is InChI=1S/C12H18N6O/c1-3-4-14-10(19)7-16-11-12-15-5-6-18(12)8-9(13-2)17-11/h5-6,8,13H,3-4,7H2,1-2H3,(H,14,19)(H,16,17). The summed E-state index contributed by atoms with van der Waals surface area (Å²) >= 11 is 0. The molecule has 2 heterocycles. The van der Waals surface area contributed by atoms with Crippen LogP contribution in [0.1, 0.15) is 13.3 Å². The predicted molar refractivity (Wildman–Crippen MR) is 74.3 cm³/mol. The summed E-state index contributed by atoms with van der Waals surface area (Å²) in [5.74, 6) is 1.24. The molecule has 2 rings (SSSR count). The van der Waals surface area contributed by atoms with Gasteiger partial charge < -0.3 is 20.4 Å². The van der Waals surface area contributed by atoms with Gasteiger partial charge in [-0.1, -0.05) is 6.92 Å². The highest BCUT2D eigenvalue weighted by Crippen LogP contribution is 2.15. The number of amides is 1. The molecule has 0 saturated carbocycles. The lowest BCUT2D eigenvalue weighted by molar-refractivity contribution is -0.119. The van der Waals surface area contributed by atoms with Gasteiger partial charge in [0.05, 0.1) is 12.7 Å². The number of carbonyl (C=O) groups is 1. The van der Waals surface area contributed by atoms with Crippen molar-refractivity contribution in [2.75, 3.05) is 30.8 Å². The molecule has 0 unspecified atom stereocenters. The normalized spacial score (nSPS) is 10.4. The largest absolute Gasteiger partial charge is 0.372 e. The molecule has 0 spiro atoms. The molecule has 0 aromatic carbocycles. The minimum atomic E-state index is -0.0526. The van der Waals surface area contributed by atoms with Gasteiger partial charge in [-0.2, -0.15) is 0 Å². The lowest BCUT2D eigenvalue weighted by Gasteiger charge is -2.09. The molecule has 3 N–H and O–H groups in total. The molecule has 7 heteroatoms. The molecule has 0 saturated heterocycles. The Morgan fingerprint density at radius 3 is 3.05 bits per heavy atom. The van der Waals surface area contributed by atoms with E-state index in [9.17, 15) is 4.79 Å². The maximum atomic E-state index is 11.6. The molecule has 0 aliphatic heterocycles. The van der Waals surface area contributed by atoms with Crippen molar-refractivity contribution in [1.82, 2.24) is 19.7 Å². The van der Waals surface area contributed by atoms with E-state index in [4.69, 9.17) is 0 Å². The number of nitrogens with zero attached hydrogens (tertiary/aromatic N) is 3. The fourth-order valence-electron chi connectivity index (χ4n) is 1.66. The second-order valence-electron chi connectivity index (χ2n) is 4.09. The molecular weight excluding hydrogens is 244 g/mol. The first kappa shape index (κ1) is 13.1. The quantitative estimate of drug-likeness (QED) is 0.714. The number of rotatable bonds is 6. The van der Waals surface area contributed by atoms with Gasteiger partial charge >= 0.3 is 0 Å². The highest BCUT2D eigenvalue weighted by atomic mass is 16.1. The predicted octanol–water partition coefficient (Wildman–Crippen LogP) is 0.709. The second kappa shape index (κ2) is 6.03. The van der Waals surface area contributed by atoms with Gasteiger partial charge in [0, 0.05) is 26.0 Å². The van der Waals surface area contributed by atoms with Crippen LogP contribution in [0.2, 0.25) is 0 Å². The number of hydrogen-bond acceptors (Lipinski definition) is 5. The van der Waals surface area contributed by atoms with Crippen LogP contribution in [-0.4, -0.2) is 40.4 Å². The first-order valence-electron chi connectivity index (χ1n) is 6.26. The Kier molecular flexibility index (Phi) is 4.17. The highest BCUT2D eigenvalue weighted by Gasteiger charge is 2.08. The average Bonchev–Trinajstić information content (AvgIpc) is 2.90. The third-order valence-electron chi connectivity index (χ3n) is 2.62. The van der Waals surface area contributed by atoms with Crippen molar-refractivity contribution >= 4 is 23.2 Å². The van der Waals surface area contributed by atoms with E-state index in [1.165, 1.54) is 0 Å². The fourth-order valence-corrected chi connectivity index (χ4v) is 1.66. The molecule has 0 radical (unpaired) electrons. The summed E-state index contributed by atoms with van der Waals surface area (Å²) in [5, 5.41) is 8.78. The van der Waals surface area contributed by atoms with Crippen LogP contribution >= 0.6 is 0 Å². The summed E-state index contributed by atoms with van der Waals surface area (Å²) in [7, 11) is 1.79. The molecular formula is C12H18N6O. The SMILES string of the molecule is CCCNC(=O)CNc1nc(NC)cn2ccnc12. The van der Waals surface area contributed by atoms with Gasteiger partial charge in [0.15, 0.2) is 11.5 Å². The molecule has 19 heavy (non-hydrogen) atoms. The highest BCUT2D eigenvalue weighted by molar-refractivity contribution is 5.81. The van der Waals surface area contributed by atoms with Crippen molar-refractivity contribution in [2.45, 2.75) is 13.3 Å². The Labute approximate surface area is 111 Å². The first-order valence-corrected chi connectivity index (χ1v) is 6.26. The Bertz CT molecular complexity index is 564. The minimum Gasteiger partial charge on any atom is -0.372 e. The summed E-state index contributed by atoms with van der Waals surface area (Å²) < 4.78 is 1.85. The van der Waals surface area contributed by atoms with E-state index in [0.29, 0.717) is 23.8 Å². The second-order valence-corrected chi connectivity index (χ2v) is 4.09. The van der Waals surface area contributed by atoms with Crippen LogP contribution in [0.15, 0.2) is 18.6 Å². The molecule has 1 amide bonds.